The van der Waals surface area contributed by atoms with Gasteiger partial charge < -0.3 is 4.57 Å². The van der Waals surface area contributed by atoms with Crippen molar-refractivity contribution >= 4 is 34.0 Å². The summed E-state index contributed by atoms with van der Waals surface area (Å²) in [6.07, 6.45) is 0. The summed E-state index contributed by atoms with van der Waals surface area (Å²) in [5.41, 5.74) is 5.16. The fourth-order valence-electron chi connectivity index (χ4n) is 2.00. The smallest absolute Gasteiger partial charge is 0.125 e. The predicted octanol–water partition coefficient (Wildman–Crippen LogP) is 3.15. The summed E-state index contributed by atoms with van der Waals surface area (Å²) in [5, 5.41) is 11.0. The van der Waals surface area contributed by atoms with Crippen LogP contribution in [0.2, 0.25) is 0 Å². The minimum atomic E-state index is 0.334. The van der Waals surface area contributed by atoms with Crippen molar-refractivity contribution in [2.24, 2.45) is 0 Å². The Bertz CT molecular complexity index is 755. The maximum absolute atomic E-state index is 8.99. The first-order valence-corrected chi connectivity index (χ1v) is 7.12. The molecule has 0 aliphatic carbocycles. The van der Waals surface area contributed by atoms with Crippen LogP contribution < -0.4 is 0 Å². The molecule has 0 saturated carbocycles. The molecule has 0 bridgehead atoms. The number of aromatic nitrogens is 3. The number of hydrogen-bond acceptors (Lipinski definition) is 4. The molecule has 0 fully saturated rings. The van der Waals surface area contributed by atoms with E-state index < -0.39 is 0 Å². The Balaban J connectivity index is 2.16. The van der Waals surface area contributed by atoms with Crippen molar-refractivity contribution in [3.05, 3.63) is 46.2 Å². The second-order valence-corrected chi connectivity index (χ2v) is 5.03. The van der Waals surface area contributed by atoms with E-state index in [1.54, 1.807) is 22.9 Å². The molecule has 4 nitrogen and oxygen atoms in total. The molecule has 0 radical (unpaired) electrons. The van der Waals surface area contributed by atoms with E-state index in [1.165, 1.54) is 0 Å². The minimum Gasteiger partial charge on any atom is -0.321 e. The summed E-state index contributed by atoms with van der Waals surface area (Å²) in [6.45, 7) is 0.622. The number of nitrogens with zero attached hydrogens (tertiary/aromatic N) is 4. The normalized spacial score (nSPS) is 10.7. The van der Waals surface area contributed by atoms with Crippen LogP contribution >= 0.6 is 22.9 Å². The molecule has 0 aliphatic rings. The molecule has 3 rings (SSSR count). The maximum atomic E-state index is 8.99. The van der Waals surface area contributed by atoms with E-state index >= 15 is 0 Å². The predicted molar refractivity (Wildman–Crippen MR) is 75.2 cm³/mol. The van der Waals surface area contributed by atoms with Gasteiger partial charge in [-0.1, -0.05) is 0 Å². The number of nitriles is 1. The van der Waals surface area contributed by atoms with Gasteiger partial charge in [0.15, 0.2) is 0 Å². The Morgan fingerprint density at radius 2 is 2.32 bits per heavy atom. The maximum Gasteiger partial charge on any atom is 0.125 e. The van der Waals surface area contributed by atoms with Crippen LogP contribution in [0.15, 0.2) is 29.1 Å². The molecule has 0 amide bonds. The van der Waals surface area contributed by atoms with Crippen LogP contribution in [-0.4, -0.2) is 14.5 Å². The summed E-state index contributed by atoms with van der Waals surface area (Å²) < 4.78 is 2.01. The lowest BCUT2D eigenvalue weighted by Crippen LogP contribution is -2.04. The number of imidazole rings is 1. The van der Waals surface area contributed by atoms with Crippen molar-refractivity contribution in [1.82, 2.24) is 14.5 Å². The Labute approximate surface area is 118 Å². The molecule has 94 valence electrons. The number of alkyl halides is 1. The van der Waals surface area contributed by atoms with E-state index in [4.69, 9.17) is 16.9 Å². The number of rotatable bonds is 3. The number of hydrogen-bond donors (Lipinski definition) is 0. The molecule has 3 aromatic rings. The van der Waals surface area contributed by atoms with Crippen LogP contribution in [0.5, 0.6) is 0 Å². The fourth-order valence-corrected chi connectivity index (χ4v) is 2.75. The van der Waals surface area contributed by atoms with Gasteiger partial charge in [-0.15, -0.1) is 22.9 Å². The average molecular weight is 289 g/mol. The molecule has 1 aromatic carbocycles. The van der Waals surface area contributed by atoms with Crippen LogP contribution in [0.25, 0.3) is 11.0 Å². The highest BCUT2D eigenvalue weighted by atomic mass is 35.5. The Hall–Kier alpha value is -1.90. The first kappa shape index (κ1) is 12.2. The van der Waals surface area contributed by atoms with Crippen molar-refractivity contribution in [1.29, 1.82) is 5.26 Å². The van der Waals surface area contributed by atoms with Gasteiger partial charge in [0.1, 0.15) is 5.82 Å². The van der Waals surface area contributed by atoms with Crippen molar-refractivity contribution in [3.63, 3.8) is 0 Å². The van der Waals surface area contributed by atoms with Gasteiger partial charge in [0.25, 0.3) is 0 Å². The molecule has 0 atom stereocenters. The molecule has 0 N–H and O–H groups in total. The van der Waals surface area contributed by atoms with Crippen LogP contribution in [0, 0.1) is 11.3 Å². The molecule has 0 spiro atoms. The average Bonchev–Trinajstić information content (AvgIpc) is 3.07. The zero-order chi connectivity index (χ0) is 13.2. The zero-order valence-corrected chi connectivity index (χ0v) is 11.4. The van der Waals surface area contributed by atoms with Gasteiger partial charge in [-0.05, 0) is 18.2 Å². The summed E-state index contributed by atoms with van der Waals surface area (Å²) in [6, 6.07) is 7.60. The second-order valence-electron chi connectivity index (χ2n) is 4.04. The molecule has 2 aromatic heterocycles. The first-order chi connectivity index (χ1) is 9.31. The van der Waals surface area contributed by atoms with Crippen molar-refractivity contribution < 1.29 is 0 Å². The fraction of sp³-hybridized carbons (Fsp3) is 0.154. The van der Waals surface area contributed by atoms with Crippen LogP contribution in [0.4, 0.5) is 0 Å². The highest BCUT2D eigenvalue weighted by Gasteiger charge is 2.11. The van der Waals surface area contributed by atoms with Gasteiger partial charge >= 0.3 is 0 Å². The lowest BCUT2D eigenvalue weighted by molar-refractivity contribution is 0.763. The molecule has 0 aliphatic heterocycles. The monoisotopic (exact) mass is 288 g/mol. The van der Waals surface area contributed by atoms with Gasteiger partial charge in [-0.25, -0.2) is 9.97 Å². The quantitative estimate of drug-likeness (QED) is 0.696. The Kier molecular flexibility index (Phi) is 3.20. The Morgan fingerprint density at radius 3 is 3.00 bits per heavy atom. The molecule has 19 heavy (non-hydrogen) atoms. The third-order valence-electron chi connectivity index (χ3n) is 2.88. The third kappa shape index (κ3) is 2.21. The van der Waals surface area contributed by atoms with E-state index in [1.807, 2.05) is 22.1 Å². The number of fused-ring (bicyclic) bond motifs is 1. The van der Waals surface area contributed by atoms with E-state index in [0.29, 0.717) is 18.0 Å². The van der Waals surface area contributed by atoms with E-state index in [9.17, 15) is 0 Å². The molecule has 6 heteroatoms. The van der Waals surface area contributed by atoms with Gasteiger partial charge in [0.2, 0.25) is 0 Å². The summed E-state index contributed by atoms with van der Waals surface area (Å²) in [5.74, 6) is 1.13. The third-order valence-corrected chi connectivity index (χ3v) is 3.75. The first-order valence-electron chi connectivity index (χ1n) is 5.64. The van der Waals surface area contributed by atoms with Crippen molar-refractivity contribution in [3.8, 4) is 6.07 Å². The largest absolute Gasteiger partial charge is 0.321 e. The van der Waals surface area contributed by atoms with E-state index in [-0.39, 0.29) is 0 Å². The van der Waals surface area contributed by atoms with Crippen LogP contribution in [0.3, 0.4) is 0 Å². The highest BCUT2D eigenvalue weighted by molar-refractivity contribution is 7.07. The SMILES string of the molecule is N#Cc1ccc2nc(CCl)n(Cc3cscn3)c2c1. The molecular weight excluding hydrogens is 280 g/mol. The summed E-state index contributed by atoms with van der Waals surface area (Å²) >= 11 is 7.51. The zero-order valence-electron chi connectivity index (χ0n) is 9.88. The molecule has 0 saturated heterocycles. The highest BCUT2D eigenvalue weighted by Crippen LogP contribution is 2.20. The van der Waals surface area contributed by atoms with Crippen molar-refractivity contribution in [2.75, 3.05) is 0 Å². The molecule has 2 heterocycles. The van der Waals surface area contributed by atoms with Gasteiger partial charge in [0.05, 0.1) is 46.3 Å². The summed E-state index contributed by atoms with van der Waals surface area (Å²) in [7, 11) is 0. The van der Waals surface area contributed by atoms with E-state index in [2.05, 4.69) is 16.0 Å². The standard InChI is InChI=1S/C13H9ClN4S/c14-4-13-17-11-2-1-9(5-15)3-12(11)18(13)6-10-7-19-8-16-10/h1-3,7-8H,4,6H2. The second kappa shape index (κ2) is 5.00. The number of thiazole rings is 1. The van der Waals surface area contributed by atoms with Crippen molar-refractivity contribution in [2.45, 2.75) is 12.4 Å². The topological polar surface area (TPSA) is 54.5 Å². The lowest BCUT2D eigenvalue weighted by atomic mass is 10.2. The minimum absolute atomic E-state index is 0.334. The molecule has 0 unspecified atom stereocenters. The van der Waals surface area contributed by atoms with Gasteiger partial charge in [-0.3, -0.25) is 0 Å². The van der Waals surface area contributed by atoms with Gasteiger partial charge in [-0.2, -0.15) is 5.26 Å². The van der Waals surface area contributed by atoms with Crippen LogP contribution in [-0.2, 0) is 12.4 Å². The summed E-state index contributed by atoms with van der Waals surface area (Å²) in [4.78, 5) is 8.76. The Morgan fingerprint density at radius 1 is 1.42 bits per heavy atom. The number of halogens is 1. The van der Waals surface area contributed by atoms with Gasteiger partial charge in [0, 0.05) is 5.38 Å². The van der Waals surface area contributed by atoms with E-state index in [0.717, 1.165) is 22.6 Å². The number of benzene rings is 1. The molecular formula is C13H9ClN4S. The van der Waals surface area contributed by atoms with Crippen LogP contribution in [0.1, 0.15) is 17.1 Å². The lowest BCUT2D eigenvalue weighted by Gasteiger charge is -2.05.